The number of nitrogens with zero attached hydrogens (tertiary/aromatic N) is 3. The Morgan fingerprint density at radius 1 is 0.721 bits per heavy atom. The molecule has 5 aromatic carbocycles. The zero-order valence-corrected chi connectivity index (χ0v) is 23.9. The van der Waals surface area contributed by atoms with E-state index in [0.29, 0.717) is 11.5 Å². The van der Waals surface area contributed by atoms with E-state index in [2.05, 4.69) is 83.4 Å². The number of aromatic nitrogens is 3. The molecule has 5 heteroatoms. The van der Waals surface area contributed by atoms with E-state index in [1.807, 2.05) is 47.7 Å². The van der Waals surface area contributed by atoms with Gasteiger partial charge >= 0.3 is 0 Å². The monoisotopic (exact) mass is 569 g/mol. The van der Waals surface area contributed by atoms with Crippen molar-refractivity contribution in [2.45, 2.75) is 12.8 Å². The molecule has 0 N–H and O–H groups in total. The van der Waals surface area contributed by atoms with Gasteiger partial charge in [0.25, 0.3) is 0 Å². The van der Waals surface area contributed by atoms with Gasteiger partial charge in [-0.1, -0.05) is 91.0 Å². The van der Waals surface area contributed by atoms with Gasteiger partial charge in [0, 0.05) is 37.2 Å². The van der Waals surface area contributed by atoms with E-state index in [9.17, 15) is 0 Å². The molecule has 0 unspecified atom stereocenters. The Morgan fingerprint density at radius 3 is 2.40 bits per heavy atom. The number of fused-ring (bicyclic) bond motifs is 13. The third-order valence-corrected chi connectivity index (χ3v) is 10.1. The van der Waals surface area contributed by atoms with Gasteiger partial charge in [-0.15, -0.1) is 11.3 Å². The van der Waals surface area contributed by atoms with E-state index in [1.54, 1.807) is 0 Å². The number of hydrogen-bond acceptors (Lipinski definition) is 4. The van der Waals surface area contributed by atoms with E-state index in [-0.39, 0.29) is 0 Å². The molecule has 4 aromatic heterocycles. The van der Waals surface area contributed by atoms with Crippen LogP contribution in [0.5, 0.6) is 0 Å². The van der Waals surface area contributed by atoms with E-state index in [0.717, 1.165) is 46.1 Å². The fourth-order valence-corrected chi connectivity index (χ4v) is 8.35. The number of rotatable bonds is 2. The van der Waals surface area contributed by atoms with Crippen LogP contribution < -0.4 is 0 Å². The Bertz CT molecular complexity index is 2620. The van der Waals surface area contributed by atoms with Crippen LogP contribution in [0.15, 0.2) is 114 Å². The zero-order chi connectivity index (χ0) is 28.1. The van der Waals surface area contributed by atoms with E-state index in [4.69, 9.17) is 14.4 Å². The largest absolute Gasteiger partial charge is 0.452 e. The summed E-state index contributed by atoms with van der Waals surface area (Å²) in [5, 5.41) is 6.19. The smallest absolute Gasteiger partial charge is 0.236 e. The molecule has 10 rings (SSSR count). The lowest BCUT2D eigenvalue weighted by Crippen LogP contribution is -2.04. The first-order valence-electron chi connectivity index (χ1n) is 14.7. The summed E-state index contributed by atoms with van der Waals surface area (Å²) in [4.78, 5) is 10.6. The van der Waals surface area contributed by atoms with Crippen molar-refractivity contribution in [1.82, 2.24) is 14.5 Å². The van der Waals surface area contributed by atoms with Crippen molar-refractivity contribution in [3.05, 3.63) is 120 Å². The molecule has 0 spiro atoms. The molecule has 4 heterocycles. The fourth-order valence-electron chi connectivity index (χ4n) is 7.08. The van der Waals surface area contributed by atoms with Crippen LogP contribution in [0.2, 0.25) is 0 Å². The molecule has 9 aromatic rings. The molecule has 43 heavy (non-hydrogen) atoms. The van der Waals surface area contributed by atoms with E-state index in [1.165, 1.54) is 47.6 Å². The second kappa shape index (κ2) is 8.63. The van der Waals surface area contributed by atoms with Crippen molar-refractivity contribution in [3.8, 4) is 17.2 Å². The van der Waals surface area contributed by atoms with Crippen LogP contribution in [0.4, 0.5) is 0 Å². The summed E-state index contributed by atoms with van der Waals surface area (Å²) in [6, 6.07) is 36.0. The second-order valence-electron chi connectivity index (χ2n) is 11.2. The minimum absolute atomic E-state index is 0.655. The lowest BCUT2D eigenvalue weighted by Gasteiger charge is -2.16. The summed E-state index contributed by atoms with van der Waals surface area (Å²) in [5.74, 6) is 0.655. The standard InChI is InChI=1S/C38H23N3OS/c1-2-12-22(13-3-1)33-36-34(26-17-7-10-20-29(26)42-36)40-38(39-33)41-28-19-9-6-16-25(28)31-23-14-4-5-15-24(23)32-27-18-8-11-21-30(27)43-37(32)35(31)41/h1-4,6-14,16-21H,5,15H2. The van der Waals surface area contributed by atoms with Gasteiger partial charge in [-0.25, -0.2) is 9.97 Å². The maximum atomic E-state index is 6.43. The molecule has 0 bridgehead atoms. The predicted octanol–water partition coefficient (Wildman–Crippen LogP) is 10.5. The molecule has 0 saturated heterocycles. The molecule has 0 amide bonds. The van der Waals surface area contributed by atoms with Gasteiger partial charge in [-0.05, 0) is 48.2 Å². The highest BCUT2D eigenvalue weighted by molar-refractivity contribution is 7.26. The summed E-state index contributed by atoms with van der Waals surface area (Å²) < 4.78 is 11.3. The summed E-state index contributed by atoms with van der Waals surface area (Å²) in [6.07, 6.45) is 6.76. The Morgan fingerprint density at radius 2 is 1.49 bits per heavy atom. The molecule has 0 aliphatic heterocycles. The number of furan rings is 1. The van der Waals surface area contributed by atoms with Gasteiger partial charge in [0.15, 0.2) is 5.58 Å². The molecule has 1 aliphatic carbocycles. The van der Waals surface area contributed by atoms with Crippen LogP contribution in [-0.2, 0) is 6.42 Å². The lowest BCUT2D eigenvalue weighted by molar-refractivity contribution is 0.666. The van der Waals surface area contributed by atoms with Crippen molar-refractivity contribution >= 4 is 81.5 Å². The summed E-state index contributed by atoms with van der Waals surface area (Å²) in [7, 11) is 0. The Hall–Kier alpha value is -5.26. The van der Waals surface area contributed by atoms with E-state index >= 15 is 0 Å². The summed E-state index contributed by atoms with van der Waals surface area (Å²) in [6.45, 7) is 0. The number of hydrogen-bond donors (Lipinski definition) is 0. The predicted molar refractivity (Wildman–Crippen MR) is 179 cm³/mol. The number of allylic oxidation sites excluding steroid dienone is 1. The lowest BCUT2D eigenvalue weighted by atomic mass is 9.89. The van der Waals surface area contributed by atoms with Gasteiger partial charge in [-0.3, -0.25) is 4.57 Å². The van der Waals surface area contributed by atoms with Crippen molar-refractivity contribution in [2.24, 2.45) is 0 Å². The van der Waals surface area contributed by atoms with Crippen LogP contribution >= 0.6 is 11.3 Å². The minimum atomic E-state index is 0.655. The van der Waals surface area contributed by atoms with Crippen molar-refractivity contribution in [1.29, 1.82) is 0 Å². The van der Waals surface area contributed by atoms with Gasteiger partial charge < -0.3 is 4.42 Å². The first-order chi connectivity index (χ1) is 21.3. The number of para-hydroxylation sites is 2. The molecular formula is C38H23N3OS. The second-order valence-corrected chi connectivity index (χ2v) is 12.3. The Labute approximate surface area is 250 Å². The maximum absolute atomic E-state index is 6.43. The SMILES string of the molecule is C1=Cc2c(c3c4ccccc4sc3c3c2c2ccccc2n3-c2nc(-c3ccccc3)c3oc4ccccc4c3n2)CC1. The molecule has 0 fully saturated rings. The highest BCUT2D eigenvalue weighted by Gasteiger charge is 2.27. The first-order valence-corrected chi connectivity index (χ1v) is 15.5. The first kappa shape index (κ1) is 23.3. The fraction of sp³-hybridized carbons (Fsp3) is 0.0526. The van der Waals surface area contributed by atoms with Crippen LogP contribution in [0, 0.1) is 0 Å². The average Bonchev–Trinajstić information content (AvgIpc) is 3.75. The van der Waals surface area contributed by atoms with Gasteiger partial charge in [0.1, 0.15) is 16.8 Å². The normalized spacial score (nSPS) is 13.3. The third-order valence-electron chi connectivity index (χ3n) is 8.88. The van der Waals surface area contributed by atoms with Gasteiger partial charge in [0.2, 0.25) is 5.95 Å². The Kier molecular flexibility index (Phi) is 4.68. The van der Waals surface area contributed by atoms with Crippen LogP contribution in [0.25, 0.3) is 87.3 Å². The molecule has 202 valence electrons. The molecule has 4 nitrogen and oxygen atoms in total. The van der Waals surface area contributed by atoms with Crippen LogP contribution in [0.1, 0.15) is 17.5 Å². The Balaban J connectivity index is 1.45. The number of thiophene rings is 1. The van der Waals surface area contributed by atoms with Gasteiger partial charge in [0.05, 0.1) is 15.7 Å². The molecule has 0 radical (unpaired) electrons. The highest BCUT2D eigenvalue weighted by atomic mass is 32.1. The third kappa shape index (κ3) is 3.14. The quantitative estimate of drug-likeness (QED) is 0.208. The molecule has 0 saturated carbocycles. The summed E-state index contributed by atoms with van der Waals surface area (Å²) in [5.41, 5.74) is 9.22. The van der Waals surface area contributed by atoms with Crippen molar-refractivity contribution < 1.29 is 4.42 Å². The highest BCUT2D eigenvalue weighted by Crippen LogP contribution is 2.48. The average molecular weight is 570 g/mol. The minimum Gasteiger partial charge on any atom is -0.452 e. The van der Waals surface area contributed by atoms with Crippen molar-refractivity contribution in [2.75, 3.05) is 0 Å². The van der Waals surface area contributed by atoms with Crippen LogP contribution in [0.3, 0.4) is 0 Å². The van der Waals surface area contributed by atoms with E-state index < -0.39 is 0 Å². The molecule has 0 atom stereocenters. The maximum Gasteiger partial charge on any atom is 0.236 e. The topological polar surface area (TPSA) is 43.9 Å². The number of aryl methyl sites for hydroxylation is 1. The summed E-state index contributed by atoms with van der Waals surface area (Å²) >= 11 is 1.88. The van der Waals surface area contributed by atoms with Crippen LogP contribution in [-0.4, -0.2) is 14.5 Å². The van der Waals surface area contributed by atoms with Gasteiger partial charge in [-0.2, -0.15) is 0 Å². The van der Waals surface area contributed by atoms with Crippen molar-refractivity contribution in [3.63, 3.8) is 0 Å². The number of benzene rings is 5. The molecular weight excluding hydrogens is 547 g/mol. The zero-order valence-electron chi connectivity index (χ0n) is 23.0. The molecule has 1 aliphatic rings.